The number of carbonyl (C=O) groups excluding carboxylic acids is 1. The van der Waals surface area contributed by atoms with Gasteiger partial charge in [-0.05, 0) is 5.56 Å². The molecular formula is C14H19NO2. The van der Waals surface area contributed by atoms with Crippen molar-refractivity contribution < 1.29 is 9.63 Å². The van der Waals surface area contributed by atoms with Crippen LogP contribution in [0.4, 0.5) is 0 Å². The molecule has 2 rings (SSSR count). The first-order valence-corrected chi connectivity index (χ1v) is 6.01. The maximum absolute atomic E-state index is 12.3. The van der Waals surface area contributed by atoms with Crippen LogP contribution in [0.5, 0.6) is 0 Å². The third kappa shape index (κ3) is 2.50. The summed E-state index contributed by atoms with van der Waals surface area (Å²) < 4.78 is 0. The number of hydrogen-bond donors (Lipinski definition) is 0. The van der Waals surface area contributed by atoms with Gasteiger partial charge in [-0.1, -0.05) is 51.1 Å². The highest BCUT2D eigenvalue weighted by Gasteiger charge is 2.37. The van der Waals surface area contributed by atoms with E-state index in [1.165, 1.54) is 0 Å². The summed E-state index contributed by atoms with van der Waals surface area (Å²) in [5.41, 5.74) is 0.736. The molecule has 1 amide bonds. The Morgan fingerprint density at radius 1 is 1.29 bits per heavy atom. The minimum absolute atomic E-state index is 0.0452. The second-order valence-corrected chi connectivity index (χ2v) is 5.43. The molecule has 0 saturated carbocycles. The largest absolute Gasteiger partial charge is 0.272 e. The van der Waals surface area contributed by atoms with Crippen LogP contribution in [0.2, 0.25) is 0 Å². The maximum Gasteiger partial charge on any atom is 0.252 e. The van der Waals surface area contributed by atoms with Crippen molar-refractivity contribution in [2.45, 2.75) is 33.2 Å². The number of hydroxylamine groups is 2. The van der Waals surface area contributed by atoms with Crippen LogP contribution >= 0.6 is 0 Å². The van der Waals surface area contributed by atoms with Crippen molar-refractivity contribution in [3.63, 3.8) is 0 Å². The first-order chi connectivity index (χ1) is 8.00. The Morgan fingerprint density at radius 3 is 2.53 bits per heavy atom. The molecule has 1 fully saturated rings. The zero-order valence-electron chi connectivity index (χ0n) is 10.6. The lowest BCUT2D eigenvalue weighted by atomic mass is 9.94. The van der Waals surface area contributed by atoms with Crippen LogP contribution in [0, 0.1) is 5.41 Å². The third-order valence-electron chi connectivity index (χ3n) is 2.93. The van der Waals surface area contributed by atoms with Crippen LogP contribution < -0.4 is 0 Å². The Kier molecular flexibility index (Phi) is 3.20. The Bertz CT molecular complexity index is 394. The third-order valence-corrected chi connectivity index (χ3v) is 2.93. The topological polar surface area (TPSA) is 29.5 Å². The lowest BCUT2D eigenvalue weighted by molar-refractivity contribution is -0.186. The summed E-state index contributed by atoms with van der Waals surface area (Å²) in [6, 6.07) is 10.1. The number of rotatable bonds is 1. The fourth-order valence-corrected chi connectivity index (χ4v) is 1.98. The summed E-state index contributed by atoms with van der Waals surface area (Å²) in [4.78, 5) is 17.7. The van der Waals surface area contributed by atoms with Crippen molar-refractivity contribution >= 4 is 5.91 Å². The van der Waals surface area contributed by atoms with Gasteiger partial charge in [0.1, 0.15) is 0 Å². The second-order valence-electron chi connectivity index (χ2n) is 5.43. The molecular weight excluding hydrogens is 214 g/mol. The van der Waals surface area contributed by atoms with E-state index in [2.05, 4.69) is 0 Å². The Morgan fingerprint density at radius 2 is 1.94 bits per heavy atom. The molecule has 0 radical (unpaired) electrons. The van der Waals surface area contributed by atoms with E-state index >= 15 is 0 Å². The van der Waals surface area contributed by atoms with Crippen LogP contribution in [0.1, 0.15) is 38.8 Å². The quantitative estimate of drug-likeness (QED) is 0.746. The number of nitrogens with zero attached hydrogens (tertiary/aromatic N) is 1. The number of benzene rings is 1. The Balaban J connectivity index is 2.22. The van der Waals surface area contributed by atoms with E-state index in [1.54, 1.807) is 5.06 Å². The van der Waals surface area contributed by atoms with Gasteiger partial charge in [0.15, 0.2) is 0 Å². The molecule has 17 heavy (non-hydrogen) atoms. The van der Waals surface area contributed by atoms with E-state index < -0.39 is 5.41 Å². The molecule has 92 valence electrons. The van der Waals surface area contributed by atoms with Gasteiger partial charge in [-0.15, -0.1) is 0 Å². The van der Waals surface area contributed by atoms with E-state index in [4.69, 9.17) is 4.84 Å². The highest BCUT2D eigenvalue weighted by Crippen LogP contribution is 2.33. The van der Waals surface area contributed by atoms with Crippen LogP contribution in [-0.2, 0) is 9.63 Å². The fourth-order valence-electron chi connectivity index (χ4n) is 1.98. The van der Waals surface area contributed by atoms with Crippen LogP contribution in [0.15, 0.2) is 30.3 Å². The highest BCUT2D eigenvalue weighted by molar-refractivity contribution is 5.81. The molecule has 0 bridgehead atoms. The zero-order valence-corrected chi connectivity index (χ0v) is 10.6. The van der Waals surface area contributed by atoms with Crippen LogP contribution in [0.3, 0.4) is 0 Å². The Labute approximate surface area is 102 Å². The monoisotopic (exact) mass is 233 g/mol. The predicted molar refractivity (Wildman–Crippen MR) is 66.1 cm³/mol. The summed E-state index contributed by atoms with van der Waals surface area (Å²) in [5.74, 6) is 0.0452. The molecule has 3 heteroatoms. The second kappa shape index (κ2) is 4.49. The molecule has 0 aromatic heterocycles. The maximum atomic E-state index is 12.3. The van der Waals surface area contributed by atoms with Gasteiger partial charge in [-0.3, -0.25) is 9.63 Å². The first-order valence-electron chi connectivity index (χ1n) is 6.01. The van der Waals surface area contributed by atoms with Gasteiger partial charge in [0.05, 0.1) is 12.6 Å². The van der Waals surface area contributed by atoms with Gasteiger partial charge in [-0.25, -0.2) is 5.06 Å². The lowest BCUT2D eigenvalue weighted by Gasteiger charge is -2.29. The van der Waals surface area contributed by atoms with E-state index in [-0.39, 0.29) is 11.9 Å². The molecule has 1 saturated heterocycles. The number of carbonyl (C=O) groups is 1. The molecule has 3 nitrogen and oxygen atoms in total. The number of hydrogen-bond acceptors (Lipinski definition) is 2. The summed E-state index contributed by atoms with van der Waals surface area (Å²) in [7, 11) is 0. The average Bonchev–Trinajstić information content (AvgIpc) is 2.76. The van der Waals surface area contributed by atoms with Crippen molar-refractivity contribution in [3.05, 3.63) is 35.9 Å². The molecule has 1 aliphatic heterocycles. The van der Waals surface area contributed by atoms with E-state index in [9.17, 15) is 4.79 Å². The Hall–Kier alpha value is -1.35. The molecule has 0 aliphatic carbocycles. The van der Waals surface area contributed by atoms with E-state index in [1.807, 2.05) is 51.1 Å². The van der Waals surface area contributed by atoms with E-state index in [0.29, 0.717) is 6.61 Å². The molecule has 1 aliphatic rings. The van der Waals surface area contributed by atoms with Gasteiger partial charge in [-0.2, -0.15) is 0 Å². The SMILES string of the molecule is CC(C)(C)C(=O)N1OCC[C@@H]1c1ccccc1. The van der Waals surface area contributed by atoms with Crippen molar-refractivity contribution in [1.29, 1.82) is 0 Å². The summed E-state index contributed by atoms with van der Waals surface area (Å²) >= 11 is 0. The minimum atomic E-state index is -0.405. The summed E-state index contributed by atoms with van der Waals surface area (Å²) in [6.07, 6.45) is 0.867. The average molecular weight is 233 g/mol. The normalized spacial score (nSPS) is 20.6. The van der Waals surface area contributed by atoms with Crippen molar-refractivity contribution in [3.8, 4) is 0 Å². The molecule has 0 unspecified atom stereocenters. The van der Waals surface area contributed by atoms with Gasteiger partial charge in [0, 0.05) is 11.8 Å². The standard InChI is InChI=1S/C14H19NO2/c1-14(2,3)13(16)15-12(9-10-17-15)11-7-5-4-6-8-11/h4-8,12H,9-10H2,1-3H3/t12-/m1/s1. The van der Waals surface area contributed by atoms with E-state index in [0.717, 1.165) is 12.0 Å². The molecule has 1 aromatic carbocycles. The van der Waals surface area contributed by atoms with Crippen molar-refractivity contribution in [2.75, 3.05) is 6.61 Å². The highest BCUT2D eigenvalue weighted by atomic mass is 16.7. The molecule has 1 heterocycles. The molecule has 0 N–H and O–H groups in total. The lowest BCUT2D eigenvalue weighted by Crippen LogP contribution is -2.38. The number of amides is 1. The van der Waals surface area contributed by atoms with Crippen LogP contribution in [0.25, 0.3) is 0 Å². The minimum Gasteiger partial charge on any atom is -0.272 e. The molecule has 0 spiro atoms. The van der Waals surface area contributed by atoms with Crippen LogP contribution in [-0.4, -0.2) is 17.6 Å². The summed E-state index contributed by atoms with van der Waals surface area (Å²) in [6.45, 7) is 6.36. The van der Waals surface area contributed by atoms with Gasteiger partial charge in [0.2, 0.25) is 0 Å². The van der Waals surface area contributed by atoms with Crippen molar-refractivity contribution in [2.24, 2.45) is 5.41 Å². The van der Waals surface area contributed by atoms with Gasteiger partial charge < -0.3 is 0 Å². The van der Waals surface area contributed by atoms with Gasteiger partial charge in [0.25, 0.3) is 5.91 Å². The predicted octanol–water partition coefficient (Wildman–Crippen LogP) is 2.94. The zero-order chi connectivity index (χ0) is 12.5. The smallest absolute Gasteiger partial charge is 0.252 e. The summed E-state index contributed by atoms with van der Waals surface area (Å²) in [5, 5.41) is 1.55. The van der Waals surface area contributed by atoms with Gasteiger partial charge >= 0.3 is 0 Å². The fraction of sp³-hybridized carbons (Fsp3) is 0.500. The molecule has 1 aromatic rings. The van der Waals surface area contributed by atoms with Crippen molar-refractivity contribution in [1.82, 2.24) is 5.06 Å². The first kappa shape index (κ1) is 12.1. The molecule has 1 atom stereocenters.